The van der Waals surface area contributed by atoms with E-state index in [1.165, 1.54) is 0 Å². The predicted octanol–water partition coefficient (Wildman–Crippen LogP) is 3.59. The van der Waals surface area contributed by atoms with Crippen molar-refractivity contribution < 1.29 is 32.2 Å². The third-order valence-electron chi connectivity index (χ3n) is 8.82. The summed E-state index contributed by atoms with van der Waals surface area (Å²) in [5.41, 5.74) is -0.658. The molecule has 0 bridgehead atoms. The second-order valence-corrected chi connectivity index (χ2v) is 10.8. The molecule has 2 atom stereocenters. The van der Waals surface area contributed by atoms with Crippen molar-refractivity contribution in [1.29, 1.82) is 0 Å². The van der Waals surface area contributed by atoms with Crippen molar-refractivity contribution in [2.75, 3.05) is 26.7 Å². The van der Waals surface area contributed by atoms with Crippen LogP contribution in [0.4, 0.5) is 13.2 Å². The van der Waals surface area contributed by atoms with Gasteiger partial charge in [-0.3, -0.25) is 14.6 Å². The largest absolute Gasteiger partial charge is 0.458 e. The number of amides is 1. The standard InChI is InChI=1S/C26H34F3N3O4/c1-16-22(23(33)32-10-7-21-17(15-32)13-18(14-30-21)26(27,28)29)25(36-24(16)34)8-11-31(12-9-25)19-3-5-20(35-2)6-4-19/h13-14,16,19-20,22H,3-12,15H2,1-2H3. The van der Waals surface area contributed by atoms with Gasteiger partial charge in [-0.05, 0) is 37.3 Å². The minimum absolute atomic E-state index is 0.0629. The van der Waals surface area contributed by atoms with Crippen molar-refractivity contribution in [3.05, 3.63) is 29.1 Å². The van der Waals surface area contributed by atoms with Crippen LogP contribution in [-0.4, -0.2) is 71.2 Å². The highest BCUT2D eigenvalue weighted by molar-refractivity contribution is 5.89. The predicted molar refractivity (Wildman–Crippen MR) is 124 cm³/mol. The zero-order valence-electron chi connectivity index (χ0n) is 20.9. The molecule has 0 aromatic carbocycles. The lowest BCUT2D eigenvalue weighted by molar-refractivity contribution is -0.159. The fourth-order valence-corrected chi connectivity index (χ4v) is 6.68. The fourth-order valence-electron chi connectivity index (χ4n) is 6.68. The summed E-state index contributed by atoms with van der Waals surface area (Å²) in [5, 5.41) is 0. The normalized spacial score (nSPS) is 30.8. The molecule has 3 fully saturated rings. The smallest absolute Gasteiger partial charge is 0.417 e. The van der Waals surface area contributed by atoms with Crippen molar-refractivity contribution in [3.63, 3.8) is 0 Å². The first-order valence-electron chi connectivity index (χ1n) is 12.9. The highest BCUT2D eigenvalue weighted by Gasteiger charge is 2.59. The molecular weight excluding hydrogens is 475 g/mol. The summed E-state index contributed by atoms with van der Waals surface area (Å²) in [4.78, 5) is 34.5. The molecule has 3 aliphatic heterocycles. The van der Waals surface area contributed by atoms with E-state index < -0.39 is 29.2 Å². The van der Waals surface area contributed by atoms with Gasteiger partial charge in [0.15, 0.2) is 0 Å². The average Bonchev–Trinajstić information content (AvgIpc) is 3.11. The van der Waals surface area contributed by atoms with Crippen LogP contribution in [0.25, 0.3) is 0 Å². The molecule has 5 rings (SSSR count). The maximum absolute atomic E-state index is 13.8. The molecule has 0 radical (unpaired) electrons. The van der Waals surface area contributed by atoms with Crippen LogP contribution in [0.15, 0.2) is 12.3 Å². The minimum Gasteiger partial charge on any atom is -0.458 e. The van der Waals surface area contributed by atoms with Crippen LogP contribution in [0.5, 0.6) is 0 Å². The highest BCUT2D eigenvalue weighted by Crippen LogP contribution is 2.46. The summed E-state index contributed by atoms with van der Waals surface area (Å²) in [7, 11) is 1.76. The number of pyridine rings is 1. The highest BCUT2D eigenvalue weighted by atomic mass is 19.4. The number of fused-ring (bicyclic) bond motifs is 1. The van der Waals surface area contributed by atoms with Crippen molar-refractivity contribution in [2.45, 2.75) is 82.3 Å². The van der Waals surface area contributed by atoms with Crippen LogP contribution in [0.1, 0.15) is 62.3 Å². The molecule has 4 heterocycles. The molecule has 2 unspecified atom stereocenters. The van der Waals surface area contributed by atoms with Gasteiger partial charge in [0.25, 0.3) is 0 Å². The number of carbonyl (C=O) groups is 2. The Labute approximate surface area is 209 Å². The Kier molecular flexibility index (Phi) is 6.78. The lowest BCUT2D eigenvalue weighted by Gasteiger charge is -2.46. The Balaban J connectivity index is 1.29. The minimum atomic E-state index is -4.49. The van der Waals surface area contributed by atoms with Gasteiger partial charge in [-0.2, -0.15) is 13.2 Å². The van der Waals surface area contributed by atoms with E-state index in [4.69, 9.17) is 9.47 Å². The number of alkyl halides is 3. The van der Waals surface area contributed by atoms with Gasteiger partial charge in [0, 0.05) is 70.5 Å². The number of esters is 1. The Morgan fingerprint density at radius 1 is 1.17 bits per heavy atom. The van der Waals surface area contributed by atoms with Crippen LogP contribution in [0.3, 0.4) is 0 Å². The van der Waals surface area contributed by atoms with E-state index in [2.05, 4.69) is 9.88 Å². The van der Waals surface area contributed by atoms with Gasteiger partial charge in [-0.1, -0.05) is 6.92 Å². The van der Waals surface area contributed by atoms with Gasteiger partial charge in [-0.25, -0.2) is 0 Å². The summed E-state index contributed by atoms with van der Waals surface area (Å²) in [6.07, 6.45) is 2.49. The number of methoxy groups -OCH3 is 1. The maximum atomic E-state index is 13.8. The topological polar surface area (TPSA) is 72.0 Å². The molecule has 1 aromatic heterocycles. The third kappa shape index (κ3) is 4.62. The van der Waals surface area contributed by atoms with Gasteiger partial charge in [-0.15, -0.1) is 0 Å². The van der Waals surface area contributed by atoms with Gasteiger partial charge < -0.3 is 19.3 Å². The third-order valence-corrected chi connectivity index (χ3v) is 8.82. The van der Waals surface area contributed by atoms with Gasteiger partial charge in [0.1, 0.15) is 5.60 Å². The zero-order valence-corrected chi connectivity index (χ0v) is 20.9. The number of hydrogen-bond donors (Lipinski definition) is 0. The molecule has 10 heteroatoms. The zero-order chi connectivity index (χ0) is 25.7. The number of piperidine rings is 1. The molecule has 36 heavy (non-hydrogen) atoms. The summed E-state index contributed by atoms with van der Waals surface area (Å²) < 4.78 is 51.1. The first kappa shape index (κ1) is 25.4. The number of nitrogens with zero attached hydrogens (tertiary/aromatic N) is 3. The molecule has 1 aromatic rings. The lowest BCUT2D eigenvalue weighted by Crippen LogP contribution is -2.55. The van der Waals surface area contributed by atoms with Crippen LogP contribution in [-0.2, 0) is 38.2 Å². The van der Waals surface area contributed by atoms with E-state index in [1.54, 1.807) is 18.9 Å². The first-order chi connectivity index (χ1) is 17.1. The molecule has 2 saturated heterocycles. The van der Waals surface area contributed by atoms with Crippen LogP contribution in [0.2, 0.25) is 0 Å². The molecule has 0 N–H and O–H groups in total. The van der Waals surface area contributed by atoms with Crippen LogP contribution < -0.4 is 0 Å². The summed E-state index contributed by atoms with van der Waals surface area (Å²) in [6.45, 7) is 3.68. The van der Waals surface area contributed by atoms with E-state index in [1.807, 2.05) is 0 Å². The summed E-state index contributed by atoms with van der Waals surface area (Å²) in [6, 6.07) is 1.57. The summed E-state index contributed by atoms with van der Waals surface area (Å²) >= 11 is 0. The van der Waals surface area contributed by atoms with E-state index in [9.17, 15) is 22.8 Å². The maximum Gasteiger partial charge on any atom is 0.417 e. The number of carbonyl (C=O) groups excluding carboxylic acids is 2. The number of ether oxygens (including phenoxy) is 2. The Hall–Kier alpha value is -2.20. The quantitative estimate of drug-likeness (QED) is 0.580. The second-order valence-electron chi connectivity index (χ2n) is 10.8. The van der Waals surface area contributed by atoms with E-state index in [-0.39, 0.29) is 18.4 Å². The number of halogens is 3. The van der Waals surface area contributed by atoms with Crippen molar-refractivity contribution >= 4 is 11.9 Å². The lowest BCUT2D eigenvalue weighted by atomic mass is 9.74. The molecular formula is C26H34F3N3O4. The Morgan fingerprint density at radius 2 is 1.86 bits per heavy atom. The van der Waals surface area contributed by atoms with Crippen molar-refractivity contribution in [1.82, 2.24) is 14.8 Å². The van der Waals surface area contributed by atoms with E-state index >= 15 is 0 Å². The number of hydrogen-bond acceptors (Lipinski definition) is 6. The van der Waals surface area contributed by atoms with Gasteiger partial charge in [0.05, 0.1) is 23.5 Å². The SMILES string of the molecule is COC1CCC(N2CCC3(CC2)OC(=O)C(C)C3C(=O)N2CCc3ncc(C(F)(F)F)cc3C2)CC1. The first-order valence-corrected chi connectivity index (χ1v) is 12.9. The summed E-state index contributed by atoms with van der Waals surface area (Å²) in [5.74, 6) is -1.77. The van der Waals surface area contributed by atoms with Gasteiger partial charge in [0.2, 0.25) is 5.91 Å². The van der Waals surface area contributed by atoms with Gasteiger partial charge >= 0.3 is 12.1 Å². The van der Waals surface area contributed by atoms with E-state index in [0.717, 1.165) is 51.0 Å². The van der Waals surface area contributed by atoms with Crippen molar-refractivity contribution in [3.8, 4) is 0 Å². The Morgan fingerprint density at radius 3 is 2.50 bits per heavy atom. The van der Waals surface area contributed by atoms with Crippen LogP contribution >= 0.6 is 0 Å². The van der Waals surface area contributed by atoms with Crippen LogP contribution in [0, 0.1) is 11.8 Å². The molecule has 7 nitrogen and oxygen atoms in total. The Bertz CT molecular complexity index is 1000. The molecule has 1 spiro atoms. The fraction of sp³-hybridized carbons (Fsp3) is 0.731. The molecule has 1 saturated carbocycles. The number of rotatable bonds is 3. The monoisotopic (exact) mass is 509 g/mol. The van der Waals surface area contributed by atoms with E-state index in [0.29, 0.717) is 49.2 Å². The molecule has 4 aliphatic rings. The average molecular weight is 510 g/mol. The molecule has 198 valence electrons. The number of likely N-dealkylation sites (tertiary alicyclic amines) is 1. The van der Waals surface area contributed by atoms with Crippen molar-refractivity contribution in [2.24, 2.45) is 11.8 Å². The molecule has 1 aliphatic carbocycles. The molecule has 1 amide bonds. The number of aromatic nitrogens is 1. The second kappa shape index (κ2) is 9.59.